The van der Waals surface area contributed by atoms with Crippen LogP contribution in [0.1, 0.15) is 56.0 Å². The van der Waals surface area contributed by atoms with E-state index in [1.54, 1.807) is 30.0 Å². The first-order chi connectivity index (χ1) is 19.9. The molecule has 4 atom stereocenters. The molecule has 11 heteroatoms. The second kappa shape index (κ2) is 15.5. The Morgan fingerprint density at radius 2 is 1.88 bits per heavy atom. The third-order valence-corrected chi connectivity index (χ3v) is 8.83. The third kappa shape index (κ3) is 9.79. The number of rotatable bonds is 8. The van der Waals surface area contributed by atoms with Gasteiger partial charge in [0.15, 0.2) is 0 Å². The van der Waals surface area contributed by atoms with Gasteiger partial charge >= 0.3 is 0 Å². The molecule has 2 aromatic carbocycles. The average Bonchev–Trinajstić information content (AvgIpc) is 2.94. The summed E-state index contributed by atoms with van der Waals surface area (Å²) in [7, 11) is -1.92. The minimum Gasteiger partial charge on any atom is -0.490 e. The Morgan fingerprint density at radius 3 is 2.55 bits per heavy atom. The van der Waals surface area contributed by atoms with Gasteiger partial charge in [-0.25, -0.2) is 12.7 Å². The standard InChI is InChI=1S/C31H45N3O7S/c1-22-19-34(23(2)21-35)31(37)27-18-26(32-30(36)17-25-12-7-6-8-13-25)14-15-28(27)41-24(3)11-9-10-16-40-29(22)20-33(4)42(5,38)39/h6-8,12-15,18,22-24,29,35H,9-11,16-17,19-21H2,1-5H3,(H,32,36)/t22-,23-,24+,29+/m0/s1. The number of benzene rings is 2. The molecule has 2 amide bonds. The first kappa shape index (κ1) is 33.5. The summed E-state index contributed by atoms with van der Waals surface area (Å²) in [6.07, 6.45) is 3.02. The van der Waals surface area contributed by atoms with E-state index >= 15 is 0 Å². The van der Waals surface area contributed by atoms with Crippen LogP contribution in [0.15, 0.2) is 48.5 Å². The van der Waals surface area contributed by atoms with E-state index < -0.39 is 22.2 Å². The number of aliphatic hydroxyl groups is 1. The van der Waals surface area contributed by atoms with Gasteiger partial charge in [0.05, 0.1) is 43.1 Å². The van der Waals surface area contributed by atoms with Crippen LogP contribution in [0.25, 0.3) is 0 Å². The van der Waals surface area contributed by atoms with Crippen LogP contribution in [0.2, 0.25) is 0 Å². The molecule has 1 aliphatic rings. The molecular weight excluding hydrogens is 558 g/mol. The molecule has 0 spiro atoms. The number of sulfonamides is 1. The summed E-state index contributed by atoms with van der Waals surface area (Å²) in [5.74, 6) is -0.435. The molecule has 2 aromatic rings. The Bertz CT molecular complexity index is 1290. The number of fused-ring (bicyclic) bond motifs is 1. The number of ether oxygens (including phenoxy) is 2. The van der Waals surface area contributed by atoms with Crippen LogP contribution in [0.4, 0.5) is 5.69 Å². The first-order valence-electron chi connectivity index (χ1n) is 14.5. The summed E-state index contributed by atoms with van der Waals surface area (Å²) in [5, 5.41) is 13.0. The van der Waals surface area contributed by atoms with Crippen molar-refractivity contribution in [2.45, 2.75) is 64.7 Å². The molecule has 1 heterocycles. The maximum atomic E-state index is 14.2. The van der Waals surface area contributed by atoms with Crippen molar-refractivity contribution in [1.82, 2.24) is 9.21 Å². The van der Waals surface area contributed by atoms with Crippen molar-refractivity contribution in [3.05, 3.63) is 59.7 Å². The molecule has 0 aromatic heterocycles. The lowest BCUT2D eigenvalue weighted by atomic mass is 10.0. The zero-order valence-electron chi connectivity index (χ0n) is 25.3. The SMILES string of the molecule is C[C@@H]1CCCCO[C@H](CN(C)S(C)(=O)=O)[C@@H](C)CN([C@@H](C)CO)C(=O)c2cc(NC(=O)Cc3ccccc3)ccc2O1. The fourth-order valence-corrected chi connectivity index (χ4v) is 5.26. The first-order valence-corrected chi connectivity index (χ1v) is 16.3. The highest BCUT2D eigenvalue weighted by Crippen LogP contribution is 2.28. The van der Waals surface area contributed by atoms with E-state index in [9.17, 15) is 23.1 Å². The summed E-state index contributed by atoms with van der Waals surface area (Å²) < 4.78 is 38.0. The van der Waals surface area contributed by atoms with Gasteiger partial charge in [0, 0.05) is 38.3 Å². The van der Waals surface area contributed by atoms with Crippen molar-refractivity contribution < 1.29 is 32.6 Å². The predicted molar refractivity (Wildman–Crippen MR) is 163 cm³/mol. The van der Waals surface area contributed by atoms with Gasteiger partial charge in [0.2, 0.25) is 15.9 Å². The van der Waals surface area contributed by atoms with Crippen LogP contribution in [-0.2, 0) is 26.0 Å². The topological polar surface area (TPSA) is 125 Å². The molecule has 0 radical (unpaired) electrons. The van der Waals surface area contributed by atoms with Crippen molar-refractivity contribution in [1.29, 1.82) is 0 Å². The lowest BCUT2D eigenvalue weighted by Gasteiger charge is -2.35. The van der Waals surface area contributed by atoms with Crippen LogP contribution in [-0.4, -0.2) is 92.4 Å². The second-order valence-corrected chi connectivity index (χ2v) is 13.4. The average molecular weight is 604 g/mol. The highest BCUT2D eigenvalue weighted by Gasteiger charge is 2.31. The largest absolute Gasteiger partial charge is 0.490 e. The van der Waals surface area contributed by atoms with Crippen LogP contribution >= 0.6 is 0 Å². The van der Waals surface area contributed by atoms with Crippen molar-refractivity contribution >= 4 is 27.5 Å². The number of nitrogens with one attached hydrogen (secondary N) is 1. The van der Waals surface area contributed by atoms with Gasteiger partial charge in [-0.3, -0.25) is 9.59 Å². The third-order valence-electron chi connectivity index (χ3n) is 7.55. The van der Waals surface area contributed by atoms with E-state index in [2.05, 4.69) is 5.32 Å². The van der Waals surface area contributed by atoms with Crippen LogP contribution in [0.5, 0.6) is 5.75 Å². The molecule has 232 valence electrons. The maximum absolute atomic E-state index is 14.2. The van der Waals surface area contributed by atoms with Gasteiger partial charge in [-0.05, 0) is 56.9 Å². The number of nitrogens with zero attached hydrogens (tertiary/aromatic N) is 2. The monoisotopic (exact) mass is 603 g/mol. The Hall–Kier alpha value is -2.99. The Balaban J connectivity index is 1.95. The van der Waals surface area contributed by atoms with Gasteiger partial charge in [-0.15, -0.1) is 0 Å². The fraction of sp³-hybridized carbons (Fsp3) is 0.548. The maximum Gasteiger partial charge on any atom is 0.258 e. The van der Waals surface area contributed by atoms with E-state index in [4.69, 9.17) is 9.47 Å². The van der Waals surface area contributed by atoms with Crippen molar-refractivity contribution in [2.75, 3.05) is 44.9 Å². The summed E-state index contributed by atoms with van der Waals surface area (Å²) in [4.78, 5) is 28.5. The molecule has 42 heavy (non-hydrogen) atoms. The molecule has 2 N–H and O–H groups in total. The van der Waals surface area contributed by atoms with Gasteiger partial charge in [0.25, 0.3) is 5.91 Å². The van der Waals surface area contributed by atoms with Crippen LogP contribution in [0.3, 0.4) is 0 Å². The van der Waals surface area contributed by atoms with E-state index in [1.807, 2.05) is 44.2 Å². The molecule has 3 rings (SSSR count). The molecule has 0 aliphatic carbocycles. The van der Waals surface area contributed by atoms with Gasteiger partial charge < -0.3 is 24.8 Å². The van der Waals surface area contributed by atoms with Crippen molar-refractivity contribution in [2.24, 2.45) is 5.92 Å². The van der Waals surface area contributed by atoms with E-state index in [1.165, 1.54) is 11.4 Å². The van der Waals surface area contributed by atoms with Gasteiger partial charge in [-0.1, -0.05) is 37.3 Å². The quantitative estimate of drug-likeness (QED) is 0.473. The zero-order chi connectivity index (χ0) is 30.9. The summed E-state index contributed by atoms with van der Waals surface area (Å²) in [6.45, 7) is 6.14. The number of hydrogen-bond donors (Lipinski definition) is 2. The minimum atomic E-state index is -3.43. The Kier molecular flexibility index (Phi) is 12.3. The van der Waals surface area contributed by atoms with E-state index in [0.29, 0.717) is 18.0 Å². The number of carbonyl (C=O) groups excluding carboxylic acids is 2. The zero-order valence-corrected chi connectivity index (χ0v) is 26.1. The van der Waals surface area contributed by atoms with Gasteiger partial charge in [0.1, 0.15) is 5.75 Å². The minimum absolute atomic E-state index is 0.142. The number of amides is 2. The lowest BCUT2D eigenvalue weighted by molar-refractivity contribution is -0.115. The lowest BCUT2D eigenvalue weighted by Crippen LogP contribution is -2.47. The predicted octanol–water partition coefficient (Wildman–Crippen LogP) is 3.55. The molecule has 0 fully saturated rings. The normalized spacial score (nSPS) is 21.6. The number of aliphatic hydroxyl groups excluding tert-OH is 1. The molecule has 0 saturated heterocycles. The summed E-state index contributed by atoms with van der Waals surface area (Å²) >= 11 is 0. The molecule has 0 saturated carbocycles. The summed E-state index contributed by atoms with van der Waals surface area (Å²) in [5.41, 5.74) is 1.60. The molecular formula is C31H45N3O7S. The van der Waals surface area contributed by atoms with Crippen LogP contribution < -0.4 is 10.1 Å². The van der Waals surface area contributed by atoms with E-state index in [-0.39, 0.29) is 55.5 Å². The smallest absolute Gasteiger partial charge is 0.258 e. The molecule has 10 nitrogen and oxygen atoms in total. The molecule has 1 aliphatic heterocycles. The summed E-state index contributed by atoms with van der Waals surface area (Å²) in [6, 6.07) is 13.9. The highest BCUT2D eigenvalue weighted by atomic mass is 32.2. The van der Waals surface area contributed by atoms with Crippen LogP contribution in [0, 0.1) is 5.92 Å². The molecule has 0 bridgehead atoms. The van der Waals surface area contributed by atoms with Gasteiger partial charge in [-0.2, -0.15) is 0 Å². The highest BCUT2D eigenvalue weighted by molar-refractivity contribution is 7.88. The number of hydrogen-bond acceptors (Lipinski definition) is 7. The second-order valence-electron chi connectivity index (χ2n) is 11.3. The molecule has 0 unspecified atom stereocenters. The van der Waals surface area contributed by atoms with E-state index in [0.717, 1.165) is 31.1 Å². The fourth-order valence-electron chi connectivity index (χ4n) is 4.84. The Labute approximate surface area is 250 Å². The number of likely N-dealkylation sites (N-methyl/N-ethyl adjacent to an activating group) is 1. The van der Waals surface area contributed by atoms with Crippen molar-refractivity contribution in [3.8, 4) is 5.75 Å². The number of anilines is 1. The number of carbonyl (C=O) groups is 2. The Morgan fingerprint density at radius 1 is 1.17 bits per heavy atom. The van der Waals surface area contributed by atoms with Crippen molar-refractivity contribution in [3.63, 3.8) is 0 Å².